The lowest BCUT2D eigenvalue weighted by Crippen LogP contribution is -2.76. The van der Waals surface area contributed by atoms with Crippen molar-refractivity contribution >= 4 is 46.5 Å². The Labute approximate surface area is 403 Å². The Kier molecular flexibility index (Phi) is 11.3. The van der Waals surface area contributed by atoms with Gasteiger partial charge in [-0.2, -0.15) is 0 Å². The number of nitrogens with two attached hydrogens (primary N) is 2. The van der Waals surface area contributed by atoms with Gasteiger partial charge >= 0.3 is 0 Å². The number of amides is 2. The van der Waals surface area contributed by atoms with Crippen LogP contribution >= 0.6 is 0 Å². The van der Waals surface area contributed by atoms with Crippen LogP contribution in [0.25, 0.3) is 11.5 Å². The molecule has 0 spiro atoms. The van der Waals surface area contributed by atoms with Gasteiger partial charge < -0.3 is 52.3 Å². The Morgan fingerprint density at radius 1 is 0.729 bits per heavy atom. The molecule has 70 heavy (non-hydrogen) atoms. The monoisotopic (exact) mass is 959 g/mol. The Morgan fingerprint density at radius 2 is 1.17 bits per heavy atom. The number of Topliss-reactive ketones (excluding diaryl/α,β-unsaturated/α-hetero) is 4. The summed E-state index contributed by atoms with van der Waals surface area (Å²) >= 11 is 0. The Hall–Kier alpha value is -6.76. The third-order valence-corrected chi connectivity index (χ3v) is 16.5. The average molecular weight is 960 g/mol. The van der Waals surface area contributed by atoms with Gasteiger partial charge in [-0.3, -0.25) is 33.7 Å². The van der Waals surface area contributed by atoms with E-state index >= 15 is 0 Å². The first-order chi connectivity index (χ1) is 32.4. The molecule has 2 unspecified atom stereocenters. The number of carbonyl (C=O) groups excluding carboxylic acids is 6. The van der Waals surface area contributed by atoms with E-state index in [0.717, 1.165) is 0 Å². The minimum absolute atomic E-state index is 0.000316. The van der Waals surface area contributed by atoms with Crippen molar-refractivity contribution in [1.82, 2.24) is 4.90 Å². The Balaban J connectivity index is 1.11. The molecule has 17 heteroatoms. The van der Waals surface area contributed by atoms with Crippen molar-refractivity contribution in [3.8, 4) is 35.2 Å². The first-order valence-corrected chi connectivity index (χ1v) is 23.0. The summed E-state index contributed by atoms with van der Waals surface area (Å²) in [5.74, 6) is -1.17. The number of phenols is 2. The lowest BCUT2D eigenvalue weighted by Gasteiger charge is -2.62. The van der Waals surface area contributed by atoms with Crippen LogP contribution in [0, 0.1) is 63.1 Å². The smallest absolute Gasteiger partial charge is 0.255 e. The van der Waals surface area contributed by atoms with E-state index in [-0.39, 0.29) is 66.5 Å². The van der Waals surface area contributed by atoms with Crippen molar-refractivity contribution < 1.29 is 69.6 Å². The molecule has 2 amide bonds. The van der Waals surface area contributed by atoms with Crippen LogP contribution in [-0.4, -0.2) is 118 Å². The SMILES string of the molecule is CC(C)[C@@H]1C(O)C(C(N)=O)C(=O)[C@@]2(O)C(=O)C3=C(O)c4c(O)ccc(C#CCCC#Cc5ccc(O)c6c5C[C@@]5(C)C[C@@]7(C)[C@H](N(C)C)C(=O)C(C(N)=O)=C(O)[C@@]7(O)C(=O)C5=C6O)c4C[C@@]3(C)C[C@@]12C. The largest absolute Gasteiger partial charge is 0.508 e. The van der Waals surface area contributed by atoms with Gasteiger partial charge in [-0.05, 0) is 87.0 Å². The molecule has 0 bridgehead atoms. The number of unbranched alkanes of at least 4 members (excludes halogenated alkanes) is 1. The van der Waals surface area contributed by atoms with Crippen LogP contribution in [0.15, 0.2) is 46.7 Å². The predicted octanol–water partition coefficient (Wildman–Crippen LogP) is 2.49. The minimum atomic E-state index is -2.86. The summed E-state index contributed by atoms with van der Waals surface area (Å²) in [5.41, 5.74) is -0.708. The van der Waals surface area contributed by atoms with E-state index in [1.54, 1.807) is 39.8 Å². The molecule has 12 N–H and O–H groups in total. The fraction of sp³-hybridized carbons (Fsp3) is 0.472. The maximum atomic E-state index is 14.6. The molecule has 0 heterocycles. The van der Waals surface area contributed by atoms with E-state index in [1.165, 1.54) is 45.0 Å². The number of primary amides is 2. The summed E-state index contributed by atoms with van der Waals surface area (Å²) in [5, 5.41) is 93.2. The average Bonchev–Trinajstić information content (AvgIpc) is 3.22. The lowest BCUT2D eigenvalue weighted by atomic mass is 9.41. The van der Waals surface area contributed by atoms with Crippen LogP contribution in [0.3, 0.4) is 0 Å². The maximum absolute atomic E-state index is 14.6. The highest BCUT2D eigenvalue weighted by Crippen LogP contribution is 2.66. The molecular weight excluding hydrogens is 903 g/mol. The summed E-state index contributed by atoms with van der Waals surface area (Å²) in [6, 6.07) is 4.39. The Bertz CT molecular complexity index is 3050. The van der Waals surface area contributed by atoms with E-state index in [2.05, 4.69) is 23.7 Å². The third-order valence-electron chi connectivity index (χ3n) is 16.5. The van der Waals surface area contributed by atoms with Gasteiger partial charge in [0.05, 0.1) is 23.3 Å². The number of fused-ring (bicyclic) bond motifs is 6. The molecule has 6 aliphatic carbocycles. The van der Waals surface area contributed by atoms with Gasteiger partial charge in [0, 0.05) is 56.8 Å². The summed E-state index contributed by atoms with van der Waals surface area (Å²) in [6.45, 7) is 9.83. The van der Waals surface area contributed by atoms with Gasteiger partial charge in [-0.25, -0.2) is 0 Å². The van der Waals surface area contributed by atoms with E-state index in [9.17, 15) is 69.6 Å². The number of carbonyl (C=O) groups is 6. The maximum Gasteiger partial charge on any atom is 0.255 e. The summed E-state index contributed by atoms with van der Waals surface area (Å²) < 4.78 is 0. The molecule has 3 fully saturated rings. The molecule has 17 nitrogen and oxygen atoms in total. The van der Waals surface area contributed by atoms with Crippen LogP contribution in [0.1, 0.15) is 101 Å². The normalized spacial score (nSPS) is 34.4. The predicted molar refractivity (Wildman–Crippen MR) is 251 cm³/mol. The van der Waals surface area contributed by atoms with Crippen molar-refractivity contribution in [3.05, 3.63) is 80.1 Å². The number of ketones is 4. The third kappa shape index (κ3) is 6.27. The van der Waals surface area contributed by atoms with Crippen LogP contribution in [0.5, 0.6) is 11.5 Å². The van der Waals surface area contributed by atoms with Gasteiger partial charge in [0.2, 0.25) is 17.5 Å². The number of hydrogen-bond acceptors (Lipinski definition) is 15. The van der Waals surface area contributed by atoms with Crippen LogP contribution in [0.4, 0.5) is 0 Å². The highest BCUT2D eigenvalue weighted by atomic mass is 16.4. The molecular formula is C53H57N3O14. The fourth-order valence-corrected chi connectivity index (χ4v) is 14.0. The molecule has 10 atom stereocenters. The zero-order chi connectivity index (χ0) is 51.9. The number of likely N-dealkylation sites (N-methyl/N-ethyl adjacent to an activating group) is 1. The molecule has 368 valence electrons. The molecule has 0 saturated heterocycles. The van der Waals surface area contributed by atoms with E-state index in [0.29, 0.717) is 22.3 Å². The van der Waals surface area contributed by atoms with Crippen LogP contribution in [0.2, 0.25) is 0 Å². The minimum Gasteiger partial charge on any atom is -0.508 e. The number of benzene rings is 2. The number of hydrogen-bond donors (Lipinski definition) is 10. The zero-order valence-electron chi connectivity index (χ0n) is 40.1. The number of aliphatic hydroxyl groups is 6. The lowest BCUT2D eigenvalue weighted by molar-refractivity contribution is -0.212. The first-order valence-electron chi connectivity index (χ1n) is 23.0. The molecule has 2 aromatic rings. The number of rotatable bonds is 5. The molecule has 2 aromatic carbocycles. The quantitative estimate of drug-likeness (QED) is 0.0891. The molecule has 8 rings (SSSR count). The second-order valence-corrected chi connectivity index (χ2v) is 21.6. The highest BCUT2D eigenvalue weighted by molar-refractivity contribution is 6.26. The summed E-state index contributed by atoms with van der Waals surface area (Å²) in [6.07, 6.45) is -1.40. The number of aliphatic hydroxyl groups excluding tert-OH is 4. The fourth-order valence-electron chi connectivity index (χ4n) is 14.0. The van der Waals surface area contributed by atoms with Crippen molar-refractivity contribution in [3.63, 3.8) is 0 Å². The van der Waals surface area contributed by atoms with Crippen molar-refractivity contribution in [2.45, 2.75) is 103 Å². The molecule has 3 saturated carbocycles. The molecule has 0 radical (unpaired) electrons. The Morgan fingerprint density at radius 3 is 1.59 bits per heavy atom. The zero-order valence-corrected chi connectivity index (χ0v) is 40.1. The first kappa shape index (κ1) is 49.7. The topological polar surface area (TPSA) is 320 Å². The van der Waals surface area contributed by atoms with E-state index in [1.807, 2.05) is 0 Å². The van der Waals surface area contributed by atoms with Gasteiger partial charge in [0.1, 0.15) is 40.3 Å². The van der Waals surface area contributed by atoms with E-state index < -0.39 is 126 Å². The van der Waals surface area contributed by atoms with Gasteiger partial charge in [0.25, 0.3) is 5.91 Å². The highest BCUT2D eigenvalue weighted by Gasteiger charge is 2.75. The number of phenolic OH excluding ortho intramolecular Hbond substituents is 2. The molecule has 0 aromatic heterocycles. The van der Waals surface area contributed by atoms with Crippen molar-refractivity contribution in [2.75, 3.05) is 14.1 Å². The molecule has 6 aliphatic rings. The number of nitrogens with zero attached hydrogens (tertiary/aromatic N) is 1. The van der Waals surface area contributed by atoms with Gasteiger partial charge in [-0.15, -0.1) is 0 Å². The number of aromatic hydroxyl groups is 2. The van der Waals surface area contributed by atoms with Crippen molar-refractivity contribution in [1.29, 1.82) is 0 Å². The second-order valence-electron chi connectivity index (χ2n) is 21.6. The van der Waals surface area contributed by atoms with Gasteiger partial charge in [0.15, 0.2) is 22.8 Å². The standard InChI is InChI=1S/C53H57N3O14/c1-23(2)34-39(61)32(46(54)67)42(63)52(69)44(65)35-37(59)30-26(19-48(35,3)21-50(34,52)5)24(15-17-28(30)57)13-11-9-10-12-14-25-16-18-29(58)31-27(25)20-49(4)22-51(6)41(56(7)8)40(62)33(47(55)68)43(64)53(51,70)45(66)36(49)38(31)60/h15-18,23,32,34,39,41,57-61,64,69-70H,9-10,19-22H2,1-8H3,(H2,54,67)(H2,55,68)/t32?,34-,39?,41-,48+,49+,50+,51+,52-,53-/m1/s1. The van der Waals surface area contributed by atoms with Gasteiger partial charge in [-0.1, -0.05) is 65.2 Å². The van der Waals surface area contributed by atoms with Crippen LogP contribution < -0.4 is 11.5 Å². The molecule has 0 aliphatic heterocycles. The van der Waals surface area contributed by atoms with Crippen LogP contribution in [-0.2, 0) is 41.6 Å². The summed E-state index contributed by atoms with van der Waals surface area (Å²) in [4.78, 5) is 83.3. The van der Waals surface area contributed by atoms with Crippen molar-refractivity contribution in [2.24, 2.45) is 50.9 Å². The second kappa shape index (κ2) is 15.9. The van der Waals surface area contributed by atoms with E-state index in [4.69, 9.17) is 11.5 Å². The summed E-state index contributed by atoms with van der Waals surface area (Å²) in [7, 11) is 3.05.